The third-order valence-electron chi connectivity index (χ3n) is 1.80. The number of hydrogen-bond acceptors (Lipinski definition) is 2. The van der Waals surface area contributed by atoms with E-state index in [4.69, 9.17) is 16.9 Å². The highest BCUT2D eigenvalue weighted by atomic mass is 35.5. The monoisotopic (exact) mass is 211 g/mol. The summed E-state index contributed by atoms with van der Waals surface area (Å²) in [7, 11) is 0. The van der Waals surface area contributed by atoms with Crippen LogP contribution < -0.4 is 0 Å². The second kappa shape index (κ2) is 4.55. The molecule has 0 aliphatic rings. The van der Waals surface area contributed by atoms with Gasteiger partial charge in [0, 0.05) is 4.90 Å². The molecular formula is C10H10ClNS. The first-order valence-electron chi connectivity index (χ1n) is 3.91. The molecule has 0 saturated carbocycles. The maximum atomic E-state index is 8.85. The standard InChI is InChI=1S/C10H10ClNS/c1-7(11)8-3-4-10(13-2)9(5-8)6-12/h3-5,7H,1-2H3. The third kappa shape index (κ3) is 2.40. The van der Waals surface area contributed by atoms with E-state index in [0.717, 1.165) is 10.5 Å². The van der Waals surface area contributed by atoms with Crippen LogP contribution in [-0.4, -0.2) is 6.26 Å². The van der Waals surface area contributed by atoms with E-state index in [1.165, 1.54) is 0 Å². The van der Waals surface area contributed by atoms with Crippen molar-refractivity contribution in [3.05, 3.63) is 29.3 Å². The predicted octanol–water partition coefficient (Wildman–Crippen LogP) is 3.58. The van der Waals surface area contributed by atoms with Crippen LogP contribution in [0.4, 0.5) is 0 Å². The molecule has 0 aromatic heterocycles. The maximum Gasteiger partial charge on any atom is 0.100 e. The SMILES string of the molecule is CSc1ccc(C(C)Cl)cc1C#N. The summed E-state index contributed by atoms with van der Waals surface area (Å²) in [6.07, 6.45) is 1.96. The van der Waals surface area contributed by atoms with Gasteiger partial charge in [-0.05, 0) is 30.9 Å². The Bertz CT molecular complexity index is 341. The zero-order valence-electron chi connectivity index (χ0n) is 7.54. The molecule has 1 rings (SSSR count). The van der Waals surface area contributed by atoms with Gasteiger partial charge in [-0.2, -0.15) is 5.26 Å². The van der Waals surface area contributed by atoms with Crippen molar-refractivity contribution < 1.29 is 0 Å². The van der Waals surface area contributed by atoms with Crippen LogP contribution in [0.1, 0.15) is 23.4 Å². The van der Waals surface area contributed by atoms with Crippen molar-refractivity contribution in [2.45, 2.75) is 17.2 Å². The number of nitriles is 1. The second-order valence-electron chi connectivity index (χ2n) is 2.69. The molecule has 0 N–H and O–H groups in total. The Morgan fingerprint density at radius 2 is 2.23 bits per heavy atom. The average molecular weight is 212 g/mol. The van der Waals surface area contributed by atoms with Crippen molar-refractivity contribution in [2.24, 2.45) is 0 Å². The Hall–Kier alpha value is -0.650. The van der Waals surface area contributed by atoms with E-state index in [2.05, 4.69) is 6.07 Å². The van der Waals surface area contributed by atoms with Crippen molar-refractivity contribution in [3.63, 3.8) is 0 Å². The molecule has 0 radical (unpaired) electrons. The van der Waals surface area contributed by atoms with Gasteiger partial charge in [0.25, 0.3) is 0 Å². The van der Waals surface area contributed by atoms with Gasteiger partial charge in [0.05, 0.1) is 10.9 Å². The molecule has 0 aliphatic heterocycles. The summed E-state index contributed by atoms with van der Waals surface area (Å²) in [5, 5.41) is 8.81. The molecule has 1 atom stereocenters. The summed E-state index contributed by atoms with van der Waals surface area (Å²) in [6.45, 7) is 1.90. The smallest absolute Gasteiger partial charge is 0.100 e. The van der Waals surface area contributed by atoms with E-state index in [0.29, 0.717) is 5.56 Å². The lowest BCUT2D eigenvalue weighted by molar-refractivity contribution is 1.07. The fourth-order valence-corrected chi connectivity index (χ4v) is 1.72. The Balaban J connectivity index is 3.15. The number of alkyl halides is 1. The number of thioether (sulfide) groups is 1. The minimum atomic E-state index is -0.0389. The van der Waals surface area contributed by atoms with Crippen LogP contribution in [0.25, 0.3) is 0 Å². The lowest BCUT2D eigenvalue weighted by Crippen LogP contribution is -1.87. The van der Waals surface area contributed by atoms with Crippen LogP contribution in [0, 0.1) is 11.3 Å². The summed E-state index contributed by atoms with van der Waals surface area (Å²) in [6, 6.07) is 7.92. The van der Waals surface area contributed by atoms with Crippen molar-refractivity contribution in [1.29, 1.82) is 5.26 Å². The highest BCUT2D eigenvalue weighted by Crippen LogP contribution is 2.26. The molecule has 1 aromatic carbocycles. The Labute approximate surface area is 87.7 Å². The molecule has 1 nitrogen and oxygen atoms in total. The van der Waals surface area contributed by atoms with Crippen molar-refractivity contribution in [2.75, 3.05) is 6.26 Å². The van der Waals surface area contributed by atoms with Gasteiger partial charge in [-0.1, -0.05) is 6.07 Å². The van der Waals surface area contributed by atoms with Gasteiger partial charge in [0.15, 0.2) is 0 Å². The zero-order valence-corrected chi connectivity index (χ0v) is 9.12. The van der Waals surface area contributed by atoms with Gasteiger partial charge in [-0.25, -0.2) is 0 Å². The summed E-state index contributed by atoms with van der Waals surface area (Å²) < 4.78 is 0. The van der Waals surface area contributed by atoms with Crippen LogP contribution in [-0.2, 0) is 0 Å². The number of halogens is 1. The minimum absolute atomic E-state index is 0.0389. The van der Waals surface area contributed by atoms with E-state index >= 15 is 0 Å². The highest BCUT2D eigenvalue weighted by molar-refractivity contribution is 7.98. The van der Waals surface area contributed by atoms with E-state index in [1.807, 2.05) is 31.4 Å². The van der Waals surface area contributed by atoms with Crippen LogP contribution in [0.2, 0.25) is 0 Å². The average Bonchev–Trinajstić information content (AvgIpc) is 2.16. The van der Waals surface area contributed by atoms with Gasteiger partial charge in [-0.15, -0.1) is 23.4 Å². The van der Waals surface area contributed by atoms with Crippen LogP contribution in [0.5, 0.6) is 0 Å². The van der Waals surface area contributed by atoms with Gasteiger partial charge < -0.3 is 0 Å². The quantitative estimate of drug-likeness (QED) is 0.552. The fourth-order valence-electron chi connectivity index (χ4n) is 1.06. The second-order valence-corrected chi connectivity index (χ2v) is 4.19. The van der Waals surface area contributed by atoms with Crippen LogP contribution in [0.3, 0.4) is 0 Å². The van der Waals surface area contributed by atoms with Gasteiger partial charge in [0.1, 0.15) is 6.07 Å². The molecule has 0 saturated heterocycles. The van der Waals surface area contributed by atoms with Crippen molar-refractivity contribution in [3.8, 4) is 6.07 Å². The largest absolute Gasteiger partial charge is 0.192 e. The number of rotatable bonds is 2. The Morgan fingerprint density at radius 1 is 1.54 bits per heavy atom. The van der Waals surface area contributed by atoms with Gasteiger partial charge in [0.2, 0.25) is 0 Å². The van der Waals surface area contributed by atoms with Gasteiger partial charge >= 0.3 is 0 Å². The van der Waals surface area contributed by atoms with Crippen molar-refractivity contribution >= 4 is 23.4 Å². The predicted molar refractivity (Wildman–Crippen MR) is 57.2 cm³/mol. The third-order valence-corrected chi connectivity index (χ3v) is 2.85. The molecule has 0 aliphatic carbocycles. The van der Waals surface area contributed by atoms with E-state index in [-0.39, 0.29) is 5.38 Å². The molecule has 1 unspecified atom stereocenters. The Kier molecular flexibility index (Phi) is 3.65. The molecule has 0 heterocycles. The molecule has 68 valence electrons. The molecule has 1 aromatic rings. The molecule has 0 spiro atoms. The van der Waals surface area contributed by atoms with E-state index < -0.39 is 0 Å². The first-order chi connectivity index (χ1) is 6.19. The van der Waals surface area contributed by atoms with E-state index in [9.17, 15) is 0 Å². The molecule has 0 bridgehead atoms. The summed E-state index contributed by atoms with van der Waals surface area (Å²) in [5.74, 6) is 0. The zero-order chi connectivity index (χ0) is 9.84. The first kappa shape index (κ1) is 10.4. The molecule has 0 amide bonds. The van der Waals surface area contributed by atoms with Crippen molar-refractivity contribution in [1.82, 2.24) is 0 Å². The topological polar surface area (TPSA) is 23.8 Å². The molecular weight excluding hydrogens is 202 g/mol. The highest BCUT2D eigenvalue weighted by Gasteiger charge is 2.05. The fraction of sp³-hybridized carbons (Fsp3) is 0.300. The summed E-state index contributed by atoms with van der Waals surface area (Å²) in [4.78, 5) is 1.00. The molecule has 3 heteroatoms. The number of benzene rings is 1. The summed E-state index contributed by atoms with van der Waals surface area (Å²) in [5.41, 5.74) is 1.70. The molecule has 0 fully saturated rings. The van der Waals surface area contributed by atoms with Crippen LogP contribution in [0.15, 0.2) is 23.1 Å². The molecule has 13 heavy (non-hydrogen) atoms. The first-order valence-corrected chi connectivity index (χ1v) is 5.57. The lowest BCUT2D eigenvalue weighted by Gasteiger charge is -2.05. The number of nitrogens with zero attached hydrogens (tertiary/aromatic N) is 1. The van der Waals surface area contributed by atoms with E-state index in [1.54, 1.807) is 11.8 Å². The van der Waals surface area contributed by atoms with Crippen LogP contribution >= 0.6 is 23.4 Å². The minimum Gasteiger partial charge on any atom is -0.192 e. The van der Waals surface area contributed by atoms with Gasteiger partial charge in [-0.3, -0.25) is 0 Å². The maximum absolute atomic E-state index is 8.85. The Morgan fingerprint density at radius 3 is 2.69 bits per heavy atom. The number of hydrogen-bond donors (Lipinski definition) is 0. The normalized spacial score (nSPS) is 12.2. The lowest BCUT2D eigenvalue weighted by atomic mass is 10.1. The summed E-state index contributed by atoms with van der Waals surface area (Å²) >= 11 is 7.49.